The second-order valence-electron chi connectivity index (χ2n) is 26.7. The van der Waals surface area contributed by atoms with Crippen molar-refractivity contribution in [3.05, 3.63) is 221 Å². The molecule has 0 saturated heterocycles. The zero-order chi connectivity index (χ0) is 55.0. The maximum Gasteiger partial charge on any atom is 0.136 e. The molecule has 14 rings (SSSR count). The van der Waals surface area contributed by atoms with Crippen molar-refractivity contribution in [3.8, 4) is 34.1 Å². The third-order valence-corrected chi connectivity index (χ3v) is 17.4. The Labute approximate surface area is 486 Å². The third-order valence-electron chi connectivity index (χ3n) is 17.4. The Morgan fingerprint density at radius 1 is 0.512 bits per heavy atom. The van der Waals surface area contributed by atoms with Gasteiger partial charge in [0, 0.05) is 65.6 Å². The van der Waals surface area contributed by atoms with Crippen molar-refractivity contribution in [2.75, 3.05) is 16.8 Å². The Kier molecular flexibility index (Phi) is 11.4. The van der Waals surface area contributed by atoms with Crippen molar-refractivity contribution in [3.63, 3.8) is 0 Å². The van der Waals surface area contributed by atoms with Gasteiger partial charge in [-0.25, -0.2) is 4.98 Å². The van der Waals surface area contributed by atoms with Gasteiger partial charge < -0.3 is 23.7 Å². The van der Waals surface area contributed by atoms with Gasteiger partial charge in [-0.2, -0.15) is 18.8 Å². The van der Waals surface area contributed by atoms with Crippen LogP contribution in [0.4, 0.5) is 17.1 Å². The first-order chi connectivity index (χ1) is 37.5. The molecule has 404 valence electrons. The second-order valence-corrected chi connectivity index (χ2v) is 26.7. The fourth-order valence-electron chi connectivity index (χ4n) is 13.6. The number of nitrogens with zero attached hydrogens (tertiary/aromatic N) is 5. The Balaban J connectivity index is 0.00000605. The number of pyridine rings is 1. The Hall–Kier alpha value is -7.40. The van der Waals surface area contributed by atoms with E-state index in [2.05, 4.69) is 280 Å². The van der Waals surface area contributed by atoms with Crippen molar-refractivity contribution >= 4 is 60.7 Å². The topological polar surface area (TPSA) is 38.5 Å². The monoisotopic (exact) mass is 1230 g/mol. The molecule has 7 heteroatoms. The van der Waals surface area contributed by atoms with Crippen LogP contribution in [-0.4, -0.2) is 21.2 Å². The van der Waals surface area contributed by atoms with Gasteiger partial charge in [-0.15, -0.1) is 35.2 Å². The number of ether oxygens (including phenoxy) is 1. The molecular weight excluding hydrogens is 1160 g/mol. The Bertz CT molecular complexity index is 4280. The van der Waals surface area contributed by atoms with Gasteiger partial charge in [0.25, 0.3) is 0 Å². The molecule has 1 spiro atoms. The van der Waals surface area contributed by atoms with E-state index in [-0.39, 0.29) is 42.7 Å². The van der Waals surface area contributed by atoms with Gasteiger partial charge in [-0.05, 0) is 127 Å². The standard InChI is InChI=1S/C73H68N5O.Pt/c1-43-34-65(74-41-64(43)77-58-26-18-15-22-48(58)49-23-16-19-27-59(49)77)78-60-28-20-17-24-50(60)51-32-30-46(39-62(51)78)79-47-31-33-54-63(40-47)76-42-75(14)61-29-21-25-55(68(61)76)73(54)66-52(35-44(69(2,3)4)37-56(66)71(8,9)10)53-36-45(70(5,6)7)38-57(67(53)73)72(11,12)13;/h15-38,41-42H,1-14H3;/q-3;. The van der Waals surface area contributed by atoms with Gasteiger partial charge in [0.1, 0.15) is 5.82 Å². The number of hydrogen-bond donors (Lipinski definition) is 0. The zero-order valence-electron chi connectivity index (χ0n) is 48.5. The molecule has 0 atom stereocenters. The van der Waals surface area contributed by atoms with E-state index in [0.717, 1.165) is 55.6 Å². The minimum absolute atomic E-state index is 0. The number of hydrogen-bond acceptors (Lipinski definition) is 4. The fraction of sp³-hybridized carbons (Fsp3) is 0.260. The molecular formula is C73H68N5OPt-3. The molecule has 3 aromatic heterocycles. The SMILES string of the molecule is Cc1cc(-n2c3[c-]c(Oc4[c-]c5c(cc4)C4(c6cccc7c6N5[CH-]N7C)c5c(cc(C(C)(C)C)cc5C(C)(C)C)-c5cc(C(C)(C)C)cc(C(C)(C)C)c54)ccc3c3ccccc32)ncc1-n1c2ccccc2c2ccccc21.[Pt]. The first-order valence-corrected chi connectivity index (χ1v) is 28.1. The predicted molar refractivity (Wildman–Crippen MR) is 329 cm³/mol. The molecule has 0 amide bonds. The molecule has 8 aromatic carbocycles. The van der Waals surface area contributed by atoms with Crippen LogP contribution in [0.2, 0.25) is 0 Å². The summed E-state index contributed by atoms with van der Waals surface area (Å²) in [7, 11) is 2.17. The first-order valence-electron chi connectivity index (χ1n) is 28.1. The largest absolute Gasteiger partial charge is 0.509 e. The van der Waals surface area contributed by atoms with Gasteiger partial charge in [0.05, 0.1) is 22.9 Å². The number of aromatic nitrogens is 3. The molecule has 5 heterocycles. The van der Waals surface area contributed by atoms with Gasteiger partial charge in [0.15, 0.2) is 0 Å². The molecule has 0 radical (unpaired) electrons. The van der Waals surface area contributed by atoms with Crippen molar-refractivity contribution in [2.24, 2.45) is 0 Å². The second kappa shape index (κ2) is 17.5. The van der Waals surface area contributed by atoms with E-state index in [9.17, 15) is 0 Å². The van der Waals surface area contributed by atoms with E-state index in [4.69, 9.17) is 9.72 Å². The van der Waals surface area contributed by atoms with Crippen LogP contribution in [0, 0.1) is 25.7 Å². The van der Waals surface area contributed by atoms with Gasteiger partial charge in [-0.3, -0.25) is 0 Å². The summed E-state index contributed by atoms with van der Waals surface area (Å²) in [5.74, 6) is 2.05. The van der Waals surface area contributed by atoms with Crippen molar-refractivity contribution in [1.29, 1.82) is 0 Å². The number of rotatable bonds is 4. The van der Waals surface area contributed by atoms with Crippen LogP contribution < -0.4 is 14.5 Å². The minimum Gasteiger partial charge on any atom is -0.509 e. The first kappa shape index (κ1) is 52.0. The maximum atomic E-state index is 7.09. The van der Waals surface area contributed by atoms with Crippen LogP contribution in [0.1, 0.15) is 133 Å². The van der Waals surface area contributed by atoms with Crippen molar-refractivity contribution in [2.45, 2.75) is 117 Å². The van der Waals surface area contributed by atoms with Crippen LogP contribution in [0.25, 0.3) is 66.2 Å². The Morgan fingerprint density at radius 3 is 1.59 bits per heavy atom. The van der Waals surface area contributed by atoms with Crippen molar-refractivity contribution < 1.29 is 25.8 Å². The summed E-state index contributed by atoms with van der Waals surface area (Å²) in [6.07, 6.45) is 2.03. The Morgan fingerprint density at radius 2 is 1.04 bits per heavy atom. The molecule has 0 bridgehead atoms. The van der Waals surface area contributed by atoms with E-state index in [0.29, 0.717) is 11.5 Å². The summed E-state index contributed by atoms with van der Waals surface area (Å²) < 4.78 is 11.7. The third kappa shape index (κ3) is 7.43. The van der Waals surface area contributed by atoms with E-state index in [1.807, 2.05) is 6.20 Å². The number of aryl methyl sites for hydroxylation is 1. The molecule has 0 fully saturated rings. The molecule has 2 aliphatic heterocycles. The van der Waals surface area contributed by atoms with Crippen LogP contribution in [-0.2, 0) is 48.1 Å². The molecule has 0 unspecified atom stereocenters. The molecule has 3 aliphatic rings. The molecule has 1 aliphatic carbocycles. The number of benzene rings is 8. The van der Waals surface area contributed by atoms with Crippen LogP contribution in [0.5, 0.6) is 11.5 Å². The summed E-state index contributed by atoms with van der Waals surface area (Å²) in [6.45, 7) is 33.0. The predicted octanol–water partition coefficient (Wildman–Crippen LogP) is 18.5. The maximum absolute atomic E-state index is 7.09. The fourth-order valence-corrected chi connectivity index (χ4v) is 13.6. The van der Waals surface area contributed by atoms with Gasteiger partial charge in [-0.1, -0.05) is 185 Å². The van der Waals surface area contributed by atoms with Crippen molar-refractivity contribution in [1.82, 2.24) is 14.1 Å². The van der Waals surface area contributed by atoms with Crippen LogP contribution in [0.3, 0.4) is 0 Å². The van der Waals surface area contributed by atoms with E-state index >= 15 is 0 Å². The molecule has 0 saturated carbocycles. The molecule has 11 aromatic rings. The summed E-state index contributed by atoms with van der Waals surface area (Å²) in [6, 6.07) is 61.7. The average molecular weight is 1230 g/mol. The summed E-state index contributed by atoms with van der Waals surface area (Å²) in [5, 5.41) is 4.66. The van der Waals surface area contributed by atoms with Crippen LogP contribution >= 0.6 is 0 Å². The summed E-state index contributed by atoms with van der Waals surface area (Å²) >= 11 is 0. The normalized spacial score (nSPS) is 14.5. The minimum atomic E-state index is -0.692. The van der Waals surface area contributed by atoms with Gasteiger partial charge in [0.2, 0.25) is 0 Å². The number of anilines is 3. The zero-order valence-corrected chi connectivity index (χ0v) is 50.7. The molecule has 80 heavy (non-hydrogen) atoms. The average Bonchev–Trinajstić information content (AvgIpc) is 4.35. The smallest absolute Gasteiger partial charge is 0.136 e. The van der Waals surface area contributed by atoms with E-state index < -0.39 is 5.41 Å². The van der Waals surface area contributed by atoms with E-state index in [1.165, 1.54) is 77.8 Å². The molecule has 6 nitrogen and oxygen atoms in total. The van der Waals surface area contributed by atoms with Crippen LogP contribution in [0.15, 0.2) is 152 Å². The quantitative estimate of drug-likeness (QED) is 0.165. The van der Waals surface area contributed by atoms with Gasteiger partial charge >= 0.3 is 0 Å². The molecule has 0 N–H and O–H groups in total. The summed E-state index contributed by atoms with van der Waals surface area (Å²) in [4.78, 5) is 9.91. The van der Waals surface area contributed by atoms with E-state index in [1.54, 1.807) is 0 Å². The number of fused-ring (bicyclic) bond motifs is 15. The summed E-state index contributed by atoms with van der Waals surface area (Å²) in [5.41, 5.74) is 21.9. The number of para-hydroxylation sites is 4.